The van der Waals surface area contributed by atoms with E-state index in [0.717, 1.165) is 38.0 Å². The maximum absolute atomic E-state index is 12.2. The second-order valence-electron chi connectivity index (χ2n) is 6.28. The van der Waals surface area contributed by atoms with Gasteiger partial charge in [0, 0.05) is 25.3 Å². The van der Waals surface area contributed by atoms with Crippen molar-refractivity contribution in [1.29, 1.82) is 0 Å². The highest BCUT2D eigenvalue weighted by Gasteiger charge is 2.23. The van der Waals surface area contributed by atoms with E-state index in [2.05, 4.69) is 5.32 Å². The number of nitrogens with one attached hydrogen (secondary N) is 1. The van der Waals surface area contributed by atoms with Crippen LogP contribution < -0.4 is 15.0 Å². The van der Waals surface area contributed by atoms with Crippen molar-refractivity contribution >= 4 is 23.2 Å². The largest absolute Gasteiger partial charge is 0.495 e. The molecule has 6 heteroatoms. The molecule has 1 N–H and O–H groups in total. The number of amides is 2. The molecule has 2 amide bonds. The van der Waals surface area contributed by atoms with E-state index in [1.807, 2.05) is 6.07 Å². The lowest BCUT2D eigenvalue weighted by molar-refractivity contribution is -0.119. The number of rotatable bonds is 5. The molecule has 24 heavy (non-hydrogen) atoms. The fourth-order valence-corrected chi connectivity index (χ4v) is 3.26. The van der Waals surface area contributed by atoms with Gasteiger partial charge in [-0.05, 0) is 43.9 Å². The maximum atomic E-state index is 12.2. The van der Waals surface area contributed by atoms with E-state index in [1.54, 1.807) is 24.1 Å². The molecule has 3 rings (SSSR count). The van der Waals surface area contributed by atoms with Crippen molar-refractivity contribution in [3.63, 3.8) is 0 Å². The van der Waals surface area contributed by atoms with E-state index >= 15 is 0 Å². The van der Waals surface area contributed by atoms with Crippen molar-refractivity contribution in [2.75, 3.05) is 30.5 Å². The van der Waals surface area contributed by atoms with Gasteiger partial charge in [0.15, 0.2) is 0 Å². The molecule has 2 fully saturated rings. The van der Waals surface area contributed by atoms with Crippen LogP contribution in [0.4, 0.5) is 11.4 Å². The SMILES string of the molecule is COc1ccc(NC(=O)CC2CCCO2)cc1N1CCCCC1=O. The smallest absolute Gasteiger partial charge is 0.227 e. The molecule has 2 heterocycles. The highest BCUT2D eigenvalue weighted by Crippen LogP contribution is 2.33. The van der Waals surface area contributed by atoms with Crippen LogP contribution in [0.2, 0.25) is 0 Å². The highest BCUT2D eigenvalue weighted by molar-refractivity contribution is 5.97. The van der Waals surface area contributed by atoms with Gasteiger partial charge < -0.3 is 19.7 Å². The van der Waals surface area contributed by atoms with Gasteiger partial charge in [-0.3, -0.25) is 9.59 Å². The second kappa shape index (κ2) is 7.66. The van der Waals surface area contributed by atoms with Gasteiger partial charge in [0.05, 0.1) is 25.3 Å². The number of piperidine rings is 1. The van der Waals surface area contributed by atoms with Gasteiger partial charge in [0.1, 0.15) is 5.75 Å². The zero-order valence-corrected chi connectivity index (χ0v) is 14.0. The molecule has 1 aromatic rings. The number of carbonyl (C=O) groups excluding carboxylic acids is 2. The first kappa shape index (κ1) is 16.8. The summed E-state index contributed by atoms with van der Waals surface area (Å²) in [6.45, 7) is 1.42. The first-order chi connectivity index (χ1) is 11.7. The van der Waals surface area contributed by atoms with Crippen LogP contribution in [0.25, 0.3) is 0 Å². The quantitative estimate of drug-likeness (QED) is 0.900. The monoisotopic (exact) mass is 332 g/mol. The third-order valence-electron chi connectivity index (χ3n) is 4.51. The summed E-state index contributed by atoms with van der Waals surface area (Å²) in [6.07, 6.45) is 4.79. The summed E-state index contributed by atoms with van der Waals surface area (Å²) in [4.78, 5) is 26.1. The summed E-state index contributed by atoms with van der Waals surface area (Å²) in [5.74, 6) is 0.674. The third kappa shape index (κ3) is 3.87. The first-order valence-electron chi connectivity index (χ1n) is 8.57. The molecular formula is C18H24N2O4. The summed E-state index contributed by atoms with van der Waals surface area (Å²) in [6, 6.07) is 5.40. The number of methoxy groups -OCH3 is 1. The minimum absolute atomic E-state index is 0.0198. The number of benzene rings is 1. The van der Waals surface area contributed by atoms with Crippen LogP contribution in [0.1, 0.15) is 38.5 Å². The Balaban J connectivity index is 1.73. The number of hydrogen-bond donors (Lipinski definition) is 1. The lowest BCUT2D eigenvalue weighted by Gasteiger charge is -2.28. The Hall–Kier alpha value is -2.08. The number of hydrogen-bond acceptors (Lipinski definition) is 4. The molecule has 0 radical (unpaired) electrons. The fourth-order valence-electron chi connectivity index (χ4n) is 3.26. The van der Waals surface area contributed by atoms with Crippen LogP contribution >= 0.6 is 0 Å². The van der Waals surface area contributed by atoms with Gasteiger partial charge in [-0.2, -0.15) is 0 Å². The van der Waals surface area contributed by atoms with Crippen molar-refractivity contribution in [3.05, 3.63) is 18.2 Å². The fraction of sp³-hybridized carbons (Fsp3) is 0.556. The van der Waals surface area contributed by atoms with E-state index in [-0.39, 0.29) is 17.9 Å². The Bertz CT molecular complexity index is 611. The molecule has 0 aliphatic carbocycles. The summed E-state index contributed by atoms with van der Waals surface area (Å²) < 4.78 is 10.9. The Morgan fingerprint density at radius 1 is 1.38 bits per heavy atom. The summed E-state index contributed by atoms with van der Waals surface area (Å²) in [5.41, 5.74) is 1.39. The number of ether oxygens (including phenoxy) is 2. The highest BCUT2D eigenvalue weighted by atomic mass is 16.5. The Labute approximate surface area is 142 Å². The van der Waals surface area contributed by atoms with Crippen LogP contribution in [0.3, 0.4) is 0 Å². The number of anilines is 2. The third-order valence-corrected chi connectivity index (χ3v) is 4.51. The average molecular weight is 332 g/mol. The van der Waals surface area contributed by atoms with Gasteiger partial charge in [-0.1, -0.05) is 0 Å². The molecule has 130 valence electrons. The second-order valence-corrected chi connectivity index (χ2v) is 6.28. The maximum Gasteiger partial charge on any atom is 0.227 e. The van der Waals surface area contributed by atoms with Crippen LogP contribution in [0.15, 0.2) is 18.2 Å². The minimum Gasteiger partial charge on any atom is -0.495 e. The zero-order valence-electron chi connectivity index (χ0n) is 14.0. The van der Waals surface area contributed by atoms with Crippen LogP contribution in [0, 0.1) is 0 Å². The molecule has 6 nitrogen and oxygen atoms in total. The first-order valence-corrected chi connectivity index (χ1v) is 8.57. The lowest BCUT2D eigenvalue weighted by Crippen LogP contribution is -2.35. The molecule has 2 saturated heterocycles. The van der Waals surface area contributed by atoms with Gasteiger partial charge >= 0.3 is 0 Å². The van der Waals surface area contributed by atoms with Crippen molar-refractivity contribution in [2.24, 2.45) is 0 Å². The molecular weight excluding hydrogens is 308 g/mol. The van der Waals surface area contributed by atoms with Crippen LogP contribution in [-0.2, 0) is 14.3 Å². The van der Waals surface area contributed by atoms with Crippen molar-refractivity contribution in [2.45, 2.75) is 44.6 Å². The standard InChI is InChI=1S/C18H24N2O4/c1-23-16-8-7-13(19-17(21)12-14-5-4-10-24-14)11-15(16)20-9-3-2-6-18(20)22/h7-8,11,14H,2-6,9-10,12H2,1H3,(H,19,21). The van der Waals surface area contributed by atoms with Gasteiger partial charge in [-0.25, -0.2) is 0 Å². The summed E-state index contributed by atoms with van der Waals surface area (Å²) >= 11 is 0. The Morgan fingerprint density at radius 3 is 2.96 bits per heavy atom. The predicted octanol–water partition coefficient (Wildman–Crippen LogP) is 2.72. The van der Waals surface area contributed by atoms with E-state index in [9.17, 15) is 9.59 Å². The van der Waals surface area contributed by atoms with E-state index in [0.29, 0.717) is 30.8 Å². The Kier molecular flexibility index (Phi) is 5.35. The molecule has 1 aromatic carbocycles. The lowest BCUT2D eigenvalue weighted by atomic mass is 10.1. The number of nitrogens with zero attached hydrogens (tertiary/aromatic N) is 1. The predicted molar refractivity (Wildman–Crippen MR) is 91.4 cm³/mol. The van der Waals surface area contributed by atoms with Crippen molar-refractivity contribution < 1.29 is 19.1 Å². The average Bonchev–Trinajstić information content (AvgIpc) is 3.08. The minimum atomic E-state index is -0.0667. The molecule has 0 aromatic heterocycles. The topological polar surface area (TPSA) is 67.9 Å². The summed E-state index contributed by atoms with van der Waals surface area (Å²) in [5, 5.41) is 2.90. The van der Waals surface area contributed by atoms with Crippen LogP contribution in [-0.4, -0.2) is 38.2 Å². The van der Waals surface area contributed by atoms with Crippen molar-refractivity contribution in [3.8, 4) is 5.75 Å². The molecule has 0 bridgehead atoms. The molecule has 0 saturated carbocycles. The van der Waals surface area contributed by atoms with Gasteiger partial charge in [0.2, 0.25) is 11.8 Å². The van der Waals surface area contributed by atoms with Gasteiger partial charge in [-0.15, -0.1) is 0 Å². The molecule has 1 unspecified atom stereocenters. The number of carbonyl (C=O) groups is 2. The zero-order chi connectivity index (χ0) is 16.9. The molecule has 1 atom stereocenters. The molecule has 0 spiro atoms. The van der Waals surface area contributed by atoms with E-state index < -0.39 is 0 Å². The summed E-state index contributed by atoms with van der Waals surface area (Å²) in [7, 11) is 1.59. The van der Waals surface area contributed by atoms with E-state index in [1.165, 1.54) is 0 Å². The molecule has 2 aliphatic rings. The van der Waals surface area contributed by atoms with Gasteiger partial charge in [0.25, 0.3) is 0 Å². The Morgan fingerprint density at radius 2 is 2.25 bits per heavy atom. The molecule has 2 aliphatic heterocycles. The normalized spacial score (nSPS) is 21.0. The van der Waals surface area contributed by atoms with Crippen molar-refractivity contribution in [1.82, 2.24) is 0 Å². The van der Waals surface area contributed by atoms with E-state index in [4.69, 9.17) is 9.47 Å². The van der Waals surface area contributed by atoms with Crippen LogP contribution in [0.5, 0.6) is 5.75 Å².